The van der Waals surface area contributed by atoms with Crippen LogP contribution in [0.1, 0.15) is 29.0 Å². The number of rotatable bonds is 7. The van der Waals surface area contributed by atoms with Gasteiger partial charge in [0.1, 0.15) is 28.2 Å². The molecule has 1 unspecified atom stereocenters. The number of para-hydroxylation sites is 1. The third-order valence-corrected chi connectivity index (χ3v) is 7.27. The van der Waals surface area contributed by atoms with Gasteiger partial charge in [-0.2, -0.15) is 0 Å². The number of benzene rings is 4. The Morgan fingerprint density at radius 3 is 2.45 bits per heavy atom. The van der Waals surface area contributed by atoms with Gasteiger partial charge >= 0.3 is 5.97 Å². The van der Waals surface area contributed by atoms with E-state index in [2.05, 4.69) is 0 Å². The first-order valence-electron chi connectivity index (χ1n) is 13.2. The fourth-order valence-corrected chi connectivity index (χ4v) is 5.28. The van der Waals surface area contributed by atoms with E-state index in [9.17, 15) is 24.9 Å². The highest BCUT2D eigenvalue weighted by atomic mass is 16.5. The van der Waals surface area contributed by atoms with Crippen LogP contribution in [0.5, 0.6) is 34.5 Å². The Morgan fingerprint density at radius 1 is 0.881 bits per heavy atom. The van der Waals surface area contributed by atoms with Gasteiger partial charge in [0.15, 0.2) is 28.4 Å². The molecule has 1 aliphatic heterocycles. The molecule has 1 aromatic heterocycles. The van der Waals surface area contributed by atoms with Crippen LogP contribution in [-0.4, -0.2) is 35.0 Å². The van der Waals surface area contributed by atoms with Crippen molar-refractivity contribution in [3.63, 3.8) is 0 Å². The normalized spacial score (nSPS) is 14.3. The quantitative estimate of drug-likeness (QED) is 0.130. The van der Waals surface area contributed by atoms with Gasteiger partial charge in [-0.1, -0.05) is 42.5 Å². The number of aromatic hydroxyl groups is 3. The summed E-state index contributed by atoms with van der Waals surface area (Å²) < 4.78 is 23.6. The minimum atomic E-state index is -0.683. The molecule has 212 valence electrons. The highest BCUT2D eigenvalue weighted by Gasteiger charge is 2.36. The Bertz CT molecular complexity index is 1880. The zero-order valence-electron chi connectivity index (χ0n) is 22.5. The van der Waals surface area contributed by atoms with E-state index in [-0.39, 0.29) is 34.6 Å². The van der Waals surface area contributed by atoms with Gasteiger partial charge in [0, 0.05) is 41.2 Å². The molecule has 0 fully saturated rings. The highest BCUT2D eigenvalue weighted by molar-refractivity contribution is 5.93. The summed E-state index contributed by atoms with van der Waals surface area (Å²) >= 11 is 0. The molecule has 6 rings (SSSR count). The number of methoxy groups -OCH3 is 1. The fourth-order valence-electron chi connectivity index (χ4n) is 5.28. The summed E-state index contributed by atoms with van der Waals surface area (Å²) in [5.74, 6) is -1.32. The van der Waals surface area contributed by atoms with Crippen molar-refractivity contribution in [1.82, 2.24) is 0 Å². The number of hydrogen-bond donors (Lipinski definition) is 3. The van der Waals surface area contributed by atoms with Gasteiger partial charge in [-0.15, -0.1) is 0 Å². The van der Waals surface area contributed by atoms with Crippen molar-refractivity contribution in [1.29, 1.82) is 0 Å². The Kier molecular flexibility index (Phi) is 6.92. The maximum Gasteiger partial charge on any atom is 0.312 e. The molecule has 0 aliphatic carbocycles. The summed E-state index contributed by atoms with van der Waals surface area (Å²) in [7, 11) is 1.53. The summed E-state index contributed by atoms with van der Waals surface area (Å²) in [5, 5.41) is 30.5. The largest absolute Gasteiger partial charge is 0.507 e. The van der Waals surface area contributed by atoms with Crippen LogP contribution < -0.4 is 19.6 Å². The lowest BCUT2D eigenvalue weighted by Gasteiger charge is -2.28. The van der Waals surface area contributed by atoms with Crippen LogP contribution in [0.3, 0.4) is 0 Å². The molecule has 9 heteroatoms. The first-order valence-corrected chi connectivity index (χ1v) is 13.2. The van der Waals surface area contributed by atoms with Crippen LogP contribution in [0, 0.1) is 0 Å². The predicted molar refractivity (Wildman–Crippen MR) is 154 cm³/mol. The minimum absolute atomic E-state index is 0.0237. The molecule has 9 nitrogen and oxygen atoms in total. The number of phenolic OH excluding ortho intramolecular Hbond substituents is 3. The third-order valence-electron chi connectivity index (χ3n) is 7.27. The zero-order valence-corrected chi connectivity index (χ0v) is 22.5. The van der Waals surface area contributed by atoms with Crippen LogP contribution in [0.2, 0.25) is 0 Å². The second-order valence-electron chi connectivity index (χ2n) is 9.88. The van der Waals surface area contributed by atoms with Gasteiger partial charge in [-0.05, 0) is 29.8 Å². The van der Waals surface area contributed by atoms with E-state index in [4.69, 9.17) is 18.6 Å². The standard InChI is InChI=1S/C33H26O9/c1-39-26-9-5-8-20(32(26)40-13-12-18-6-3-2-4-7-18)21-15-29(38)41-28-17-25(37)31-24(36)16-27(42-33(31)30(21)28)19-10-11-22(34)23(35)14-19/h2-11,14,16-17,21,34-35,37H,12-13,15H2,1H3. The summed E-state index contributed by atoms with van der Waals surface area (Å²) in [6.07, 6.45) is 0.541. The summed E-state index contributed by atoms with van der Waals surface area (Å²) in [4.78, 5) is 26.1. The first kappa shape index (κ1) is 26.8. The van der Waals surface area contributed by atoms with E-state index < -0.39 is 28.8 Å². The van der Waals surface area contributed by atoms with Crippen LogP contribution >= 0.6 is 0 Å². The number of carbonyl (C=O) groups excluding carboxylic acids is 1. The van der Waals surface area contributed by atoms with Crippen LogP contribution in [0.4, 0.5) is 0 Å². The lowest BCUT2D eigenvalue weighted by molar-refractivity contribution is -0.135. The van der Waals surface area contributed by atoms with Gasteiger partial charge in [-0.3, -0.25) is 9.59 Å². The number of fused-ring (bicyclic) bond motifs is 3. The summed E-state index contributed by atoms with van der Waals surface area (Å²) in [6, 6.07) is 21.6. The number of carbonyl (C=O) groups is 1. The topological polar surface area (TPSA) is 136 Å². The van der Waals surface area contributed by atoms with Crippen molar-refractivity contribution >= 4 is 16.9 Å². The fraction of sp³-hybridized carbons (Fsp3) is 0.152. The van der Waals surface area contributed by atoms with Crippen molar-refractivity contribution in [2.24, 2.45) is 0 Å². The lowest BCUT2D eigenvalue weighted by atomic mass is 9.84. The Labute approximate surface area is 239 Å². The lowest BCUT2D eigenvalue weighted by Crippen LogP contribution is -2.22. The minimum Gasteiger partial charge on any atom is -0.507 e. The molecule has 1 aliphatic rings. The average molecular weight is 567 g/mol. The second kappa shape index (κ2) is 10.9. The molecule has 3 N–H and O–H groups in total. The molecule has 2 heterocycles. The molecule has 0 bridgehead atoms. The van der Waals surface area contributed by atoms with Gasteiger partial charge in [-0.25, -0.2) is 0 Å². The Hall–Kier alpha value is -5.44. The SMILES string of the molecule is COc1cccc(C2CC(=O)Oc3cc(O)c4c(=O)cc(-c5ccc(O)c(O)c5)oc4c32)c1OCCc1ccccc1. The molecular formula is C33H26O9. The van der Waals surface area contributed by atoms with E-state index in [1.165, 1.54) is 37.4 Å². The zero-order chi connectivity index (χ0) is 29.4. The van der Waals surface area contributed by atoms with Gasteiger partial charge in [0.25, 0.3) is 0 Å². The number of esters is 1. The molecule has 0 radical (unpaired) electrons. The highest BCUT2D eigenvalue weighted by Crippen LogP contribution is 2.49. The molecule has 0 spiro atoms. The van der Waals surface area contributed by atoms with Crippen LogP contribution in [0.25, 0.3) is 22.3 Å². The smallest absolute Gasteiger partial charge is 0.312 e. The van der Waals surface area contributed by atoms with E-state index in [1.807, 2.05) is 36.4 Å². The molecule has 1 atom stereocenters. The van der Waals surface area contributed by atoms with E-state index >= 15 is 0 Å². The number of phenols is 3. The van der Waals surface area contributed by atoms with Crippen molar-refractivity contribution in [3.05, 3.63) is 106 Å². The molecule has 0 saturated heterocycles. The molecule has 4 aromatic carbocycles. The Morgan fingerprint density at radius 2 is 1.69 bits per heavy atom. The summed E-state index contributed by atoms with van der Waals surface area (Å²) in [5.41, 5.74) is 1.89. The van der Waals surface area contributed by atoms with Crippen molar-refractivity contribution < 1.29 is 38.7 Å². The van der Waals surface area contributed by atoms with Crippen molar-refractivity contribution in [3.8, 4) is 45.8 Å². The molecular weight excluding hydrogens is 540 g/mol. The first-order chi connectivity index (χ1) is 20.3. The molecule has 0 amide bonds. The molecule has 0 saturated carbocycles. The third kappa shape index (κ3) is 4.85. The van der Waals surface area contributed by atoms with Crippen molar-refractivity contribution in [2.75, 3.05) is 13.7 Å². The van der Waals surface area contributed by atoms with Crippen LogP contribution in [-0.2, 0) is 11.2 Å². The average Bonchev–Trinajstić information content (AvgIpc) is 2.98. The monoisotopic (exact) mass is 566 g/mol. The Balaban J connectivity index is 1.51. The summed E-state index contributed by atoms with van der Waals surface area (Å²) in [6.45, 7) is 0.335. The van der Waals surface area contributed by atoms with Crippen LogP contribution in [0.15, 0.2) is 88.1 Å². The molecule has 5 aromatic rings. The van der Waals surface area contributed by atoms with Gasteiger partial charge < -0.3 is 33.9 Å². The number of hydrogen-bond acceptors (Lipinski definition) is 9. The maximum absolute atomic E-state index is 13.3. The second-order valence-corrected chi connectivity index (χ2v) is 9.88. The van der Waals surface area contributed by atoms with Crippen molar-refractivity contribution in [2.45, 2.75) is 18.8 Å². The van der Waals surface area contributed by atoms with E-state index in [0.717, 1.165) is 5.56 Å². The predicted octanol–water partition coefficient (Wildman–Crippen LogP) is 5.65. The van der Waals surface area contributed by atoms with E-state index in [1.54, 1.807) is 12.1 Å². The number of ether oxygens (including phenoxy) is 3. The van der Waals surface area contributed by atoms with E-state index in [0.29, 0.717) is 41.2 Å². The molecule has 42 heavy (non-hydrogen) atoms. The van der Waals surface area contributed by atoms with Gasteiger partial charge in [0.2, 0.25) is 0 Å². The van der Waals surface area contributed by atoms with Gasteiger partial charge in [0.05, 0.1) is 20.1 Å². The maximum atomic E-state index is 13.3.